The molecule has 0 aliphatic carbocycles. The van der Waals surface area contributed by atoms with Gasteiger partial charge in [-0.05, 0) is 56.0 Å². The molecule has 2 aliphatic heterocycles. The summed E-state index contributed by atoms with van der Waals surface area (Å²) in [5.74, 6) is 1.54. The Morgan fingerprint density at radius 3 is 2.85 bits per heavy atom. The van der Waals surface area contributed by atoms with Gasteiger partial charge in [0.25, 0.3) is 0 Å². The summed E-state index contributed by atoms with van der Waals surface area (Å²) in [5.41, 5.74) is 11.0. The van der Waals surface area contributed by atoms with Crippen LogP contribution in [0.5, 0.6) is 5.75 Å². The Kier molecular flexibility index (Phi) is 3.85. The van der Waals surface area contributed by atoms with Gasteiger partial charge in [0.05, 0.1) is 12.3 Å². The van der Waals surface area contributed by atoms with E-state index in [1.807, 2.05) is 0 Å². The van der Waals surface area contributed by atoms with Gasteiger partial charge in [-0.15, -0.1) is 0 Å². The van der Waals surface area contributed by atoms with E-state index in [2.05, 4.69) is 18.3 Å². The second-order valence-electron chi connectivity index (χ2n) is 5.93. The topological polar surface area (TPSA) is 56.5 Å². The predicted octanol–water partition coefficient (Wildman–Crippen LogP) is 1.99. The van der Waals surface area contributed by atoms with E-state index in [-0.39, 0.29) is 6.10 Å². The second-order valence-corrected chi connectivity index (χ2v) is 5.93. The van der Waals surface area contributed by atoms with Gasteiger partial charge >= 0.3 is 0 Å². The minimum absolute atomic E-state index is 0.111. The Bertz CT molecular complexity index is 496. The fraction of sp³-hybridized carbons (Fsp3) is 0.625. The minimum atomic E-state index is 0.111. The number of benzene rings is 1. The first kappa shape index (κ1) is 13.7. The van der Waals surface area contributed by atoms with Gasteiger partial charge in [-0.25, -0.2) is 0 Å². The molecule has 4 heteroatoms. The second kappa shape index (κ2) is 5.62. The summed E-state index contributed by atoms with van der Waals surface area (Å²) >= 11 is 0. The molecular weight excluding hydrogens is 252 g/mol. The lowest BCUT2D eigenvalue weighted by molar-refractivity contribution is 0.0955. The zero-order valence-corrected chi connectivity index (χ0v) is 12.4. The maximum Gasteiger partial charge on any atom is 0.146 e. The highest BCUT2D eigenvalue weighted by Gasteiger charge is 2.31. The van der Waals surface area contributed by atoms with Crippen LogP contribution in [0.15, 0.2) is 6.07 Å². The van der Waals surface area contributed by atoms with Gasteiger partial charge in [0, 0.05) is 19.1 Å². The van der Waals surface area contributed by atoms with E-state index in [0.29, 0.717) is 12.5 Å². The SMILES string of the molecule is COCC1Cc2c(c(N)cc(C)c2C2CCNCC2)O1. The van der Waals surface area contributed by atoms with Crippen molar-refractivity contribution in [3.8, 4) is 5.75 Å². The van der Waals surface area contributed by atoms with Crippen LogP contribution in [0.4, 0.5) is 5.69 Å². The predicted molar refractivity (Wildman–Crippen MR) is 80.4 cm³/mol. The summed E-state index contributed by atoms with van der Waals surface area (Å²) in [5, 5.41) is 3.44. The zero-order valence-electron chi connectivity index (χ0n) is 12.4. The normalized spacial score (nSPS) is 22.6. The number of piperidine rings is 1. The third-order valence-corrected chi connectivity index (χ3v) is 4.47. The number of rotatable bonds is 3. The van der Waals surface area contributed by atoms with Crippen molar-refractivity contribution in [1.29, 1.82) is 0 Å². The van der Waals surface area contributed by atoms with Crippen LogP contribution in [0, 0.1) is 6.92 Å². The summed E-state index contributed by atoms with van der Waals surface area (Å²) in [7, 11) is 1.72. The van der Waals surface area contributed by atoms with E-state index in [9.17, 15) is 0 Å². The fourth-order valence-corrected chi connectivity index (χ4v) is 3.65. The Hall–Kier alpha value is -1.26. The van der Waals surface area contributed by atoms with Crippen LogP contribution < -0.4 is 15.8 Å². The Morgan fingerprint density at radius 2 is 2.15 bits per heavy atom. The lowest BCUT2D eigenvalue weighted by Crippen LogP contribution is -2.27. The van der Waals surface area contributed by atoms with E-state index in [4.69, 9.17) is 15.2 Å². The van der Waals surface area contributed by atoms with Crippen LogP contribution in [0.3, 0.4) is 0 Å². The third kappa shape index (κ3) is 2.38. The number of methoxy groups -OCH3 is 1. The molecule has 0 radical (unpaired) electrons. The van der Waals surface area contributed by atoms with E-state index in [1.54, 1.807) is 7.11 Å². The Labute approximate surface area is 120 Å². The molecular formula is C16H24N2O2. The first-order chi connectivity index (χ1) is 9.70. The number of ether oxygens (including phenoxy) is 2. The molecule has 0 bridgehead atoms. The largest absolute Gasteiger partial charge is 0.485 e. The molecule has 2 aliphatic rings. The Morgan fingerprint density at radius 1 is 1.40 bits per heavy atom. The molecule has 2 heterocycles. The number of nitrogens with one attached hydrogen (secondary N) is 1. The number of hydrogen-bond donors (Lipinski definition) is 2. The highest BCUT2D eigenvalue weighted by molar-refractivity contribution is 5.64. The maximum atomic E-state index is 6.15. The van der Waals surface area contributed by atoms with Gasteiger partial charge in [0.1, 0.15) is 11.9 Å². The van der Waals surface area contributed by atoms with Crippen LogP contribution in [0.25, 0.3) is 0 Å². The van der Waals surface area contributed by atoms with Gasteiger partial charge in [0.15, 0.2) is 0 Å². The van der Waals surface area contributed by atoms with E-state index in [0.717, 1.165) is 30.9 Å². The lowest BCUT2D eigenvalue weighted by Gasteiger charge is -2.26. The van der Waals surface area contributed by atoms with Crippen molar-refractivity contribution in [3.63, 3.8) is 0 Å². The fourth-order valence-electron chi connectivity index (χ4n) is 3.65. The molecule has 1 aromatic carbocycles. The molecule has 1 unspecified atom stereocenters. The van der Waals surface area contributed by atoms with E-state index < -0.39 is 0 Å². The molecule has 1 saturated heterocycles. The molecule has 0 amide bonds. The molecule has 0 saturated carbocycles. The molecule has 3 N–H and O–H groups in total. The summed E-state index contributed by atoms with van der Waals surface area (Å²) in [6, 6.07) is 2.07. The van der Waals surface area contributed by atoms with Crippen molar-refractivity contribution < 1.29 is 9.47 Å². The first-order valence-corrected chi connectivity index (χ1v) is 7.49. The summed E-state index contributed by atoms with van der Waals surface area (Å²) in [6.45, 7) is 5.01. The van der Waals surface area contributed by atoms with Gasteiger partial charge < -0.3 is 20.5 Å². The van der Waals surface area contributed by atoms with Gasteiger partial charge in [-0.1, -0.05) is 0 Å². The number of hydrogen-bond acceptors (Lipinski definition) is 4. The molecule has 0 spiro atoms. The van der Waals surface area contributed by atoms with Crippen molar-refractivity contribution in [2.45, 2.75) is 38.2 Å². The molecule has 20 heavy (non-hydrogen) atoms. The highest BCUT2D eigenvalue weighted by atomic mass is 16.5. The quantitative estimate of drug-likeness (QED) is 0.829. The number of nitrogen functional groups attached to an aromatic ring is 1. The smallest absolute Gasteiger partial charge is 0.146 e. The average molecular weight is 276 g/mol. The molecule has 1 aromatic rings. The van der Waals surface area contributed by atoms with Crippen molar-refractivity contribution >= 4 is 5.69 Å². The van der Waals surface area contributed by atoms with Crippen molar-refractivity contribution in [2.75, 3.05) is 32.5 Å². The third-order valence-electron chi connectivity index (χ3n) is 4.47. The minimum Gasteiger partial charge on any atom is -0.485 e. The van der Waals surface area contributed by atoms with Crippen LogP contribution in [0.1, 0.15) is 35.4 Å². The van der Waals surface area contributed by atoms with Crippen LogP contribution in [0.2, 0.25) is 0 Å². The number of aryl methyl sites for hydroxylation is 1. The average Bonchev–Trinajstić information content (AvgIpc) is 2.84. The van der Waals surface area contributed by atoms with Crippen LogP contribution in [-0.2, 0) is 11.2 Å². The van der Waals surface area contributed by atoms with Gasteiger partial charge in [0.2, 0.25) is 0 Å². The molecule has 4 nitrogen and oxygen atoms in total. The van der Waals surface area contributed by atoms with Crippen LogP contribution >= 0.6 is 0 Å². The van der Waals surface area contributed by atoms with E-state index >= 15 is 0 Å². The molecule has 0 aromatic heterocycles. The number of nitrogens with two attached hydrogens (primary N) is 1. The summed E-state index contributed by atoms with van der Waals surface area (Å²) in [4.78, 5) is 0. The highest BCUT2D eigenvalue weighted by Crippen LogP contribution is 2.43. The van der Waals surface area contributed by atoms with Gasteiger partial charge in [-0.2, -0.15) is 0 Å². The molecule has 3 rings (SSSR count). The van der Waals surface area contributed by atoms with Crippen molar-refractivity contribution in [2.24, 2.45) is 0 Å². The van der Waals surface area contributed by atoms with E-state index in [1.165, 1.54) is 29.5 Å². The summed E-state index contributed by atoms with van der Waals surface area (Å²) in [6.07, 6.45) is 3.44. The van der Waals surface area contributed by atoms with Crippen LogP contribution in [-0.4, -0.2) is 32.9 Å². The monoisotopic (exact) mass is 276 g/mol. The van der Waals surface area contributed by atoms with Crippen molar-refractivity contribution in [3.05, 3.63) is 22.8 Å². The van der Waals surface area contributed by atoms with Gasteiger partial charge in [-0.3, -0.25) is 0 Å². The number of fused-ring (bicyclic) bond motifs is 1. The standard InChI is InChI=1S/C16H24N2O2/c1-10-7-14(17)16-13(8-12(20-16)9-19-2)15(10)11-3-5-18-6-4-11/h7,11-12,18H,3-6,8-9,17H2,1-2H3. The maximum absolute atomic E-state index is 6.15. The molecule has 1 fully saturated rings. The Balaban J connectivity index is 1.97. The lowest BCUT2D eigenvalue weighted by atomic mass is 9.83. The first-order valence-electron chi connectivity index (χ1n) is 7.49. The number of anilines is 1. The zero-order chi connectivity index (χ0) is 14.1. The summed E-state index contributed by atoms with van der Waals surface area (Å²) < 4.78 is 11.2. The molecule has 110 valence electrons. The molecule has 1 atom stereocenters. The van der Waals surface area contributed by atoms with Crippen molar-refractivity contribution in [1.82, 2.24) is 5.32 Å².